The summed E-state index contributed by atoms with van der Waals surface area (Å²) in [6, 6.07) is 20.5. The number of H-pyrrole nitrogens is 1. The van der Waals surface area contributed by atoms with Crippen LogP contribution >= 0.6 is 0 Å². The number of anilines is 1. The Morgan fingerprint density at radius 3 is 2.45 bits per heavy atom. The third kappa shape index (κ3) is 3.05. The van der Waals surface area contributed by atoms with E-state index < -0.39 is 11.0 Å². The van der Waals surface area contributed by atoms with Gasteiger partial charge in [-0.05, 0) is 42.0 Å². The van der Waals surface area contributed by atoms with Crippen LogP contribution in [0.3, 0.4) is 0 Å². The van der Waals surface area contributed by atoms with E-state index in [1.54, 1.807) is 41.3 Å². The lowest BCUT2D eigenvalue weighted by Gasteiger charge is -2.26. The van der Waals surface area contributed by atoms with Crippen LogP contribution in [0.5, 0.6) is 0 Å². The van der Waals surface area contributed by atoms with Crippen LogP contribution < -0.4 is 4.90 Å². The fourth-order valence-electron chi connectivity index (χ4n) is 3.95. The van der Waals surface area contributed by atoms with Crippen molar-refractivity contribution in [2.24, 2.45) is 0 Å². The van der Waals surface area contributed by atoms with Crippen LogP contribution in [-0.2, 0) is 0 Å². The van der Waals surface area contributed by atoms with Gasteiger partial charge in [0, 0.05) is 28.9 Å². The van der Waals surface area contributed by atoms with Gasteiger partial charge >= 0.3 is 0 Å². The number of aromatic nitrogens is 2. The number of hydrogen-bond acceptors (Lipinski definition) is 4. The molecule has 1 aliphatic rings. The van der Waals surface area contributed by atoms with Gasteiger partial charge < -0.3 is 0 Å². The zero-order valence-corrected chi connectivity index (χ0v) is 16.0. The summed E-state index contributed by atoms with van der Waals surface area (Å²) in [4.78, 5) is 25.9. The smallest absolute Gasteiger partial charge is 0.277 e. The fourth-order valence-corrected chi connectivity index (χ4v) is 3.95. The van der Waals surface area contributed by atoms with E-state index in [9.17, 15) is 19.3 Å². The van der Waals surface area contributed by atoms with Gasteiger partial charge in [0.2, 0.25) is 0 Å². The average molecular weight is 414 g/mol. The quantitative estimate of drug-likeness (QED) is 0.381. The molecular formula is C23H15FN4O3. The number of fused-ring (bicyclic) bond motifs is 1. The predicted molar refractivity (Wildman–Crippen MR) is 112 cm³/mol. The van der Waals surface area contributed by atoms with Gasteiger partial charge in [-0.1, -0.05) is 30.3 Å². The minimum absolute atomic E-state index is 0.0711. The zero-order valence-electron chi connectivity index (χ0n) is 16.0. The number of carbonyl (C=O) groups excluding carboxylic acids is 1. The largest absolute Gasteiger partial charge is 0.295 e. The Balaban J connectivity index is 1.74. The molecule has 8 heteroatoms. The summed E-state index contributed by atoms with van der Waals surface area (Å²) < 4.78 is 13.5. The van der Waals surface area contributed by atoms with Crippen molar-refractivity contribution in [3.05, 3.63) is 112 Å². The molecule has 7 nitrogen and oxygen atoms in total. The number of amides is 1. The number of nitrogens with one attached hydrogen (secondary N) is 1. The molecule has 152 valence electrons. The summed E-state index contributed by atoms with van der Waals surface area (Å²) >= 11 is 0. The number of aromatic amines is 1. The van der Waals surface area contributed by atoms with Crippen molar-refractivity contribution >= 4 is 17.3 Å². The lowest BCUT2D eigenvalue weighted by Crippen LogP contribution is -2.29. The first-order valence-corrected chi connectivity index (χ1v) is 9.52. The highest BCUT2D eigenvalue weighted by atomic mass is 19.1. The number of non-ortho nitro benzene ring substituents is 1. The number of hydrogen-bond donors (Lipinski definition) is 1. The predicted octanol–water partition coefficient (Wildman–Crippen LogP) is 4.87. The molecule has 0 bridgehead atoms. The van der Waals surface area contributed by atoms with Gasteiger partial charge in [0.1, 0.15) is 11.5 Å². The lowest BCUT2D eigenvalue weighted by atomic mass is 9.95. The molecule has 0 aliphatic carbocycles. The molecule has 31 heavy (non-hydrogen) atoms. The van der Waals surface area contributed by atoms with Crippen LogP contribution in [0, 0.1) is 15.9 Å². The van der Waals surface area contributed by atoms with Crippen LogP contribution in [0.15, 0.2) is 78.9 Å². The first-order chi connectivity index (χ1) is 15.0. The molecule has 0 saturated heterocycles. The molecule has 0 unspecified atom stereocenters. The number of rotatable bonds is 4. The highest BCUT2D eigenvalue weighted by Gasteiger charge is 2.43. The highest BCUT2D eigenvalue weighted by Crippen LogP contribution is 2.45. The van der Waals surface area contributed by atoms with Crippen LogP contribution in [0.4, 0.5) is 15.8 Å². The van der Waals surface area contributed by atoms with E-state index in [0.717, 1.165) is 0 Å². The second-order valence-electron chi connectivity index (χ2n) is 7.13. The molecule has 1 amide bonds. The van der Waals surface area contributed by atoms with Crippen molar-refractivity contribution in [1.82, 2.24) is 10.2 Å². The number of nitro benzene ring substituents is 1. The van der Waals surface area contributed by atoms with E-state index in [0.29, 0.717) is 33.8 Å². The number of nitrogens with zero attached hydrogens (tertiary/aromatic N) is 3. The minimum atomic E-state index is -0.636. The summed E-state index contributed by atoms with van der Waals surface area (Å²) in [5.74, 6) is -0.674. The Bertz CT molecular complexity index is 1300. The van der Waals surface area contributed by atoms with Crippen LogP contribution in [-0.4, -0.2) is 21.0 Å². The Hall–Kier alpha value is -4.33. The van der Waals surface area contributed by atoms with E-state index in [1.807, 2.05) is 18.2 Å². The van der Waals surface area contributed by atoms with Crippen molar-refractivity contribution in [2.75, 3.05) is 4.90 Å². The van der Waals surface area contributed by atoms with Crippen molar-refractivity contribution in [3.63, 3.8) is 0 Å². The molecule has 2 heterocycles. The Labute approximate surface area is 175 Å². The van der Waals surface area contributed by atoms with Gasteiger partial charge in [-0.2, -0.15) is 5.10 Å². The molecular weight excluding hydrogens is 399 g/mol. The molecule has 0 saturated carbocycles. The standard InChI is InChI=1S/C23H15FN4O3/c24-16-11-9-14(10-12-16)20-19-21(26-25-20)23(29)27(17-6-2-1-3-7-17)22(19)15-5-4-8-18(13-15)28(30)31/h1-13,22H,(H,25,26)/t22-/m1/s1. The van der Waals surface area contributed by atoms with Crippen molar-refractivity contribution in [2.45, 2.75) is 6.04 Å². The topological polar surface area (TPSA) is 92.1 Å². The summed E-state index contributed by atoms with van der Waals surface area (Å²) in [5, 5.41) is 18.5. The number of halogens is 1. The van der Waals surface area contributed by atoms with E-state index in [4.69, 9.17) is 0 Å². The molecule has 1 aromatic heterocycles. The van der Waals surface area contributed by atoms with Gasteiger partial charge in [0.05, 0.1) is 16.7 Å². The van der Waals surface area contributed by atoms with Crippen LogP contribution in [0.2, 0.25) is 0 Å². The molecule has 1 atom stereocenters. The number of nitro groups is 1. The van der Waals surface area contributed by atoms with E-state index in [1.165, 1.54) is 24.3 Å². The summed E-state index contributed by atoms with van der Waals surface area (Å²) in [6.07, 6.45) is 0. The lowest BCUT2D eigenvalue weighted by molar-refractivity contribution is -0.384. The summed E-state index contributed by atoms with van der Waals surface area (Å²) in [6.45, 7) is 0. The molecule has 1 aliphatic heterocycles. The zero-order chi connectivity index (χ0) is 21.5. The van der Waals surface area contributed by atoms with Crippen LogP contribution in [0.1, 0.15) is 27.7 Å². The van der Waals surface area contributed by atoms with Gasteiger partial charge in [0.25, 0.3) is 11.6 Å². The molecule has 5 rings (SSSR count). The maximum absolute atomic E-state index is 13.5. The van der Waals surface area contributed by atoms with Gasteiger partial charge in [-0.25, -0.2) is 4.39 Å². The normalized spacial score (nSPS) is 15.2. The Kier molecular flexibility index (Phi) is 4.32. The third-order valence-corrected chi connectivity index (χ3v) is 5.32. The monoisotopic (exact) mass is 414 g/mol. The molecule has 4 aromatic rings. The molecule has 0 radical (unpaired) electrons. The molecule has 0 spiro atoms. The SMILES string of the molecule is O=C1c2[nH]nc(-c3ccc(F)cc3)c2[C@@H](c2cccc([N+](=O)[O-])c2)N1c1ccccc1. The average Bonchev–Trinajstić information content (AvgIpc) is 3.34. The van der Waals surface area contributed by atoms with E-state index in [-0.39, 0.29) is 17.4 Å². The third-order valence-electron chi connectivity index (χ3n) is 5.32. The Morgan fingerprint density at radius 2 is 1.74 bits per heavy atom. The first kappa shape index (κ1) is 18.7. The highest BCUT2D eigenvalue weighted by molar-refractivity contribution is 6.11. The first-order valence-electron chi connectivity index (χ1n) is 9.52. The number of para-hydroxylation sites is 1. The second kappa shape index (κ2) is 7.17. The molecule has 0 fully saturated rings. The molecule has 1 N–H and O–H groups in total. The number of carbonyl (C=O) groups is 1. The fraction of sp³-hybridized carbons (Fsp3) is 0.0435. The van der Waals surface area contributed by atoms with Crippen molar-refractivity contribution in [3.8, 4) is 11.3 Å². The van der Waals surface area contributed by atoms with E-state index in [2.05, 4.69) is 10.2 Å². The van der Waals surface area contributed by atoms with Crippen molar-refractivity contribution < 1.29 is 14.1 Å². The number of benzene rings is 3. The van der Waals surface area contributed by atoms with Crippen molar-refractivity contribution in [1.29, 1.82) is 0 Å². The summed E-state index contributed by atoms with van der Waals surface area (Å²) in [5.41, 5.74) is 3.20. The maximum Gasteiger partial charge on any atom is 0.277 e. The maximum atomic E-state index is 13.5. The van der Waals surface area contributed by atoms with Gasteiger partial charge in [0.15, 0.2) is 0 Å². The van der Waals surface area contributed by atoms with Gasteiger partial charge in [-0.3, -0.25) is 24.9 Å². The van der Waals surface area contributed by atoms with Gasteiger partial charge in [-0.15, -0.1) is 0 Å². The second-order valence-corrected chi connectivity index (χ2v) is 7.13. The minimum Gasteiger partial charge on any atom is -0.295 e. The van der Waals surface area contributed by atoms with Crippen LogP contribution in [0.25, 0.3) is 11.3 Å². The Morgan fingerprint density at radius 1 is 1.00 bits per heavy atom. The van der Waals surface area contributed by atoms with E-state index >= 15 is 0 Å². The summed E-state index contributed by atoms with van der Waals surface area (Å²) in [7, 11) is 0. The molecule has 3 aromatic carbocycles.